The number of benzene rings is 2. The quantitative estimate of drug-likeness (QED) is 0.271. The molecule has 2 heterocycles. The average molecular weight is 404 g/mol. The third kappa shape index (κ3) is 3.55. The number of hydrogen-bond acceptors (Lipinski definition) is 6. The minimum atomic E-state index is -0.414. The molecule has 7 heteroatoms. The van der Waals surface area contributed by atoms with Crippen LogP contribution in [-0.2, 0) is 0 Å². The van der Waals surface area contributed by atoms with Gasteiger partial charge in [-0.15, -0.1) is 11.3 Å². The molecule has 0 unspecified atom stereocenters. The van der Waals surface area contributed by atoms with E-state index in [9.17, 15) is 15.4 Å². The lowest BCUT2D eigenvalue weighted by atomic mass is 9.93. The first-order valence-corrected chi connectivity index (χ1v) is 10.4. The van der Waals surface area contributed by atoms with Crippen molar-refractivity contribution in [1.82, 2.24) is 4.90 Å². The van der Waals surface area contributed by atoms with E-state index in [0.717, 1.165) is 53.0 Å². The van der Waals surface area contributed by atoms with E-state index in [0.29, 0.717) is 11.1 Å². The number of fused-ring (bicyclic) bond motifs is 1. The van der Waals surface area contributed by atoms with E-state index in [2.05, 4.69) is 11.0 Å². The van der Waals surface area contributed by atoms with Gasteiger partial charge in [0, 0.05) is 58.4 Å². The first-order chi connectivity index (χ1) is 14.1. The van der Waals surface area contributed by atoms with Crippen LogP contribution in [0, 0.1) is 21.4 Å². The molecule has 1 fully saturated rings. The highest BCUT2D eigenvalue weighted by Gasteiger charge is 2.23. The number of likely N-dealkylation sites (tertiary alicyclic amines) is 1. The summed E-state index contributed by atoms with van der Waals surface area (Å²) in [6, 6.07) is 13.0. The SMILES string of the molecule is N#CC=C(c1c(-c2cccs2)cc2ccc([N+](=O)[O-])cc2c1N)N1CCCCC1. The van der Waals surface area contributed by atoms with Crippen LogP contribution in [0.4, 0.5) is 11.4 Å². The number of allylic oxidation sites excluding steroid dienone is 1. The lowest BCUT2D eigenvalue weighted by molar-refractivity contribution is -0.384. The number of nitro groups is 1. The highest BCUT2D eigenvalue weighted by molar-refractivity contribution is 7.13. The lowest BCUT2D eigenvalue weighted by Gasteiger charge is -2.32. The standard InChI is InChI=1S/C22H20N4O2S/c23-9-8-19(25-10-2-1-3-11-25)21-18(20-5-4-12-29-20)13-15-6-7-16(26(27)28)14-17(15)22(21)24/h4-8,12-14H,1-3,10-11,24H2. The molecule has 0 atom stereocenters. The molecule has 2 aromatic carbocycles. The summed E-state index contributed by atoms with van der Waals surface area (Å²) in [5, 5.41) is 24.3. The molecule has 2 N–H and O–H groups in total. The van der Waals surface area contributed by atoms with Crippen LogP contribution < -0.4 is 5.73 Å². The highest BCUT2D eigenvalue weighted by Crippen LogP contribution is 2.42. The normalized spacial score (nSPS) is 14.7. The molecule has 146 valence electrons. The minimum Gasteiger partial charge on any atom is -0.398 e. The zero-order valence-electron chi connectivity index (χ0n) is 15.8. The van der Waals surface area contributed by atoms with E-state index in [-0.39, 0.29) is 5.69 Å². The van der Waals surface area contributed by atoms with Crippen LogP contribution in [-0.4, -0.2) is 22.9 Å². The molecule has 29 heavy (non-hydrogen) atoms. The molecular weight excluding hydrogens is 384 g/mol. The first kappa shape index (κ1) is 19.0. The number of nitrogens with zero attached hydrogens (tertiary/aromatic N) is 3. The number of nitriles is 1. The summed E-state index contributed by atoms with van der Waals surface area (Å²) < 4.78 is 0. The molecule has 1 saturated heterocycles. The van der Waals surface area contributed by atoms with Crippen molar-refractivity contribution in [2.24, 2.45) is 0 Å². The van der Waals surface area contributed by atoms with E-state index in [1.807, 2.05) is 23.6 Å². The van der Waals surface area contributed by atoms with Crippen LogP contribution in [0.5, 0.6) is 0 Å². The molecule has 1 aliphatic heterocycles. The number of piperidine rings is 1. The zero-order valence-corrected chi connectivity index (χ0v) is 16.6. The maximum absolute atomic E-state index is 11.3. The van der Waals surface area contributed by atoms with Gasteiger partial charge in [0.2, 0.25) is 0 Å². The van der Waals surface area contributed by atoms with E-state index >= 15 is 0 Å². The largest absolute Gasteiger partial charge is 0.398 e. The third-order valence-corrected chi connectivity index (χ3v) is 6.22. The van der Waals surface area contributed by atoms with Crippen LogP contribution in [0.15, 0.2) is 47.9 Å². The number of hydrogen-bond donors (Lipinski definition) is 1. The summed E-state index contributed by atoms with van der Waals surface area (Å²) in [5.41, 5.74) is 9.64. The van der Waals surface area contributed by atoms with Gasteiger partial charge in [-0.1, -0.05) is 6.07 Å². The monoisotopic (exact) mass is 404 g/mol. The molecule has 0 bridgehead atoms. The smallest absolute Gasteiger partial charge is 0.270 e. The molecule has 0 spiro atoms. The van der Waals surface area contributed by atoms with Crippen molar-refractivity contribution in [2.45, 2.75) is 19.3 Å². The second kappa shape index (κ2) is 7.94. The number of nitrogen functional groups attached to an aromatic ring is 1. The van der Waals surface area contributed by atoms with Crippen molar-refractivity contribution in [1.29, 1.82) is 5.26 Å². The maximum Gasteiger partial charge on any atom is 0.270 e. The number of nitrogens with two attached hydrogens (primary N) is 1. The Morgan fingerprint density at radius 1 is 1.24 bits per heavy atom. The Bertz CT molecular complexity index is 1140. The molecular formula is C22H20N4O2S. The fourth-order valence-corrected chi connectivity index (χ4v) is 4.69. The van der Waals surface area contributed by atoms with Crippen LogP contribution in [0.1, 0.15) is 24.8 Å². The summed E-state index contributed by atoms with van der Waals surface area (Å²) in [6.07, 6.45) is 4.86. The van der Waals surface area contributed by atoms with Gasteiger partial charge in [0.15, 0.2) is 0 Å². The van der Waals surface area contributed by atoms with Gasteiger partial charge in [-0.25, -0.2) is 0 Å². The van der Waals surface area contributed by atoms with Gasteiger partial charge in [-0.05, 0) is 48.2 Å². The number of nitro benzene ring substituents is 1. The fourth-order valence-electron chi connectivity index (χ4n) is 3.94. The topological polar surface area (TPSA) is 96.2 Å². The Labute approximate surface area is 172 Å². The summed E-state index contributed by atoms with van der Waals surface area (Å²) >= 11 is 1.61. The minimum absolute atomic E-state index is 0.00260. The second-order valence-electron chi connectivity index (χ2n) is 7.06. The summed E-state index contributed by atoms with van der Waals surface area (Å²) in [6.45, 7) is 1.73. The second-order valence-corrected chi connectivity index (χ2v) is 8.01. The van der Waals surface area contributed by atoms with Gasteiger partial charge in [0.1, 0.15) is 0 Å². The molecule has 4 rings (SSSR count). The summed E-state index contributed by atoms with van der Waals surface area (Å²) in [4.78, 5) is 14.1. The Hall–Kier alpha value is -3.37. The highest BCUT2D eigenvalue weighted by atomic mass is 32.1. The molecule has 0 saturated carbocycles. The molecule has 6 nitrogen and oxygen atoms in total. The number of non-ortho nitro benzene ring substituents is 1. The van der Waals surface area contributed by atoms with Crippen LogP contribution in [0.2, 0.25) is 0 Å². The maximum atomic E-state index is 11.3. The van der Waals surface area contributed by atoms with Gasteiger partial charge in [0.05, 0.1) is 16.7 Å². The Balaban J connectivity index is 2.02. The van der Waals surface area contributed by atoms with Gasteiger partial charge in [-0.2, -0.15) is 5.26 Å². The first-order valence-electron chi connectivity index (χ1n) is 9.50. The van der Waals surface area contributed by atoms with E-state index in [1.54, 1.807) is 23.5 Å². The Morgan fingerprint density at radius 3 is 2.69 bits per heavy atom. The molecule has 1 aliphatic rings. The van der Waals surface area contributed by atoms with Crippen LogP contribution in [0.3, 0.4) is 0 Å². The summed E-state index contributed by atoms with van der Waals surface area (Å²) in [7, 11) is 0. The van der Waals surface area contributed by atoms with E-state index < -0.39 is 4.92 Å². The van der Waals surface area contributed by atoms with Gasteiger partial charge < -0.3 is 10.6 Å². The lowest BCUT2D eigenvalue weighted by Crippen LogP contribution is -2.28. The third-order valence-electron chi connectivity index (χ3n) is 5.32. The van der Waals surface area contributed by atoms with Crippen molar-refractivity contribution in [3.8, 4) is 16.5 Å². The zero-order chi connectivity index (χ0) is 20.4. The molecule has 0 aliphatic carbocycles. The van der Waals surface area contributed by atoms with Crippen LogP contribution >= 0.6 is 11.3 Å². The van der Waals surface area contributed by atoms with Gasteiger partial charge in [0.25, 0.3) is 5.69 Å². The molecule has 1 aromatic heterocycles. The van der Waals surface area contributed by atoms with Gasteiger partial charge >= 0.3 is 0 Å². The van der Waals surface area contributed by atoms with Crippen molar-refractivity contribution in [3.05, 3.63) is 63.5 Å². The Morgan fingerprint density at radius 2 is 2.03 bits per heavy atom. The summed E-state index contributed by atoms with van der Waals surface area (Å²) in [5.74, 6) is 0. The number of thiophene rings is 1. The van der Waals surface area contributed by atoms with E-state index in [1.165, 1.54) is 18.6 Å². The number of anilines is 1. The van der Waals surface area contributed by atoms with Crippen LogP contribution in [0.25, 0.3) is 26.9 Å². The van der Waals surface area contributed by atoms with Crippen molar-refractivity contribution in [2.75, 3.05) is 18.8 Å². The van der Waals surface area contributed by atoms with Gasteiger partial charge in [-0.3, -0.25) is 10.1 Å². The van der Waals surface area contributed by atoms with Crippen molar-refractivity contribution < 1.29 is 4.92 Å². The van der Waals surface area contributed by atoms with E-state index in [4.69, 9.17) is 5.73 Å². The fraction of sp³-hybridized carbons (Fsp3) is 0.227. The number of rotatable bonds is 4. The molecule has 0 amide bonds. The predicted molar refractivity (Wildman–Crippen MR) is 117 cm³/mol. The van der Waals surface area contributed by atoms with Crippen molar-refractivity contribution in [3.63, 3.8) is 0 Å². The molecule has 0 radical (unpaired) electrons. The average Bonchev–Trinajstić information content (AvgIpc) is 3.27. The predicted octanol–water partition coefficient (Wildman–Crippen LogP) is 5.41. The Kier molecular flexibility index (Phi) is 5.19. The van der Waals surface area contributed by atoms with Crippen molar-refractivity contribution >= 4 is 39.2 Å². The molecule has 3 aromatic rings.